The first kappa shape index (κ1) is 13.2. The molecule has 0 N–H and O–H groups in total. The topological polar surface area (TPSA) is 40.6 Å². The molecule has 0 radical (unpaired) electrons. The van der Waals surface area contributed by atoms with Gasteiger partial charge in [0.2, 0.25) is 5.91 Å². The molecule has 1 aliphatic rings. The van der Waals surface area contributed by atoms with Crippen molar-refractivity contribution in [1.29, 1.82) is 0 Å². The van der Waals surface area contributed by atoms with E-state index in [1.54, 1.807) is 0 Å². The van der Waals surface area contributed by atoms with Gasteiger partial charge in [-0.2, -0.15) is 0 Å². The summed E-state index contributed by atoms with van der Waals surface area (Å²) in [4.78, 5) is 27.1. The van der Waals surface area contributed by atoms with E-state index in [1.807, 2.05) is 25.7 Å². The van der Waals surface area contributed by atoms with Gasteiger partial charge in [-0.3, -0.25) is 14.5 Å². The number of likely N-dealkylation sites (tertiary alicyclic amines) is 1. The number of Topliss-reactive ketones (excluding diaryl/α,β-unsaturated/α-hetero) is 1. The van der Waals surface area contributed by atoms with Gasteiger partial charge in [-0.15, -0.1) is 0 Å². The molecule has 1 heterocycles. The first-order valence-corrected chi connectivity index (χ1v) is 6.11. The van der Waals surface area contributed by atoms with Crippen LogP contribution in [0.15, 0.2) is 0 Å². The molecule has 0 bridgehead atoms. The van der Waals surface area contributed by atoms with Crippen LogP contribution in [0, 0.1) is 5.92 Å². The van der Waals surface area contributed by atoms with Crippen LogP contribution in [0.4, 0.5) is 0 Å². The second kappa shape index (κ2) is 5.99. The first-order chi connectivity index (χ1) is 7.58. The van der Waals surface area contributed by atoms with Crippen LogP contribution in [0.2, 0.25) is 0 Å². The minimum Gasteiger partial charge on any atom is -0.342 e. The Kier molecular flexibility index (Phi) is 4.93. The Balaban J connectivity index is 2.43. The van der Waals surface area contributed by atoms with E-state index in [-0.39, 0.29) is 11.8 Å². The van der Waals surface area contributed by atoms with Gasteiger partial charge in [0.25, 0.3) is 0 Å². The Morgan fingerprint density at radius 1 is 1.44 bits per heavy atom. The Bertz CT molecular complexity index is 262. The number of nitrogens with zero attached hydrogens (tertiary/aromatic N) is 2. The van der Waals surface area contributed by atoms with Crippen molar-refractivity contribution in [3.05, 3.63) is 0 Å². The molecule has 0 spiro atoms. The van der Waals surface area contributed by atoms with E-state index >= 15 is 0 Å². The van der Waals surface area contributed by atoms with Crippen LogP contribution in [0.5, 0.6) is 0 Å². The molecule has 0 aromatic rings. The van der Waals surface area contributed by atoms with Crippen LogP contribution in [0.3, 0.4) is 0 Å². The summed E-state index contributed by atoms with van der Waals surface area (Å²) in [5.41, 5.74) is 0. The van der Waals surface area contributed by atoms with Crippen LogP contribution < -0.4 is 0 Å². The molecule has 0 saturated carbocycles. The van der Waals surface area contributed by atoms with Crippen LogP contribution in [0.25, 0.3) is 0 Å². The van der Waals surface area contributed by atoms with Crippen molar-refractivity contribution in [3.8, 4) is 0 Å². The van der Waals surface area contributed by atoms with Gasteiger partial charge >= 0.3 is 0 Å². The quantitative estimate of drug-likeness (QED) is 0.711. The standard InChI is InChI=1S/C12H22N2O2/c1-4-14(5-2)12(16)9-13-7-6-11(15)10(3)8-13/h10H,4-9H2,1-3H3. The number of amides is 1. The lowest BCUT2D eigenvalue weighted by Gasteiger charge is -2.31. The smallest absolute Gasteiger partial charge is 0.236 e. The maximum Gasteiger partial charge on any atom is 0.236 e. The third kappa shape index (κ3) is 3.30. The fourth-order valence-corrected chi connectivity index (χ4v) is 2.11. The van der Waals surface area contributed by atoms with Gasteiger partial charge in [-0.25, -0.2) is 0 Å². The summed E-state index contributed by atoms with van der Waals surface area (Å²) in [6.45, 7) is 9.36. The minimum absolute atomic E-state index is 0.0817. The molecular weight excluding hydrogens is 204 g/mol. The maximum atomic E-state index is 11.9. The molecule has 1 amide bonds. The van der Waals surface area contributed by atoms with E-state index < -0.39 is 0 Å². The van der Waals surface area contributed by atoms with Gasteiger partial charge in [-0.1, -0.05) is 6.92 Å². The summed E-state index contributed by atoms with van der Waals surface area (Å²) in [7, 11) is 0. The predicted molar refractivity (Wildman–Crippen MR) is 63.2 cm³/mol. The summed E-state index contributed by atoms with van der Waals surface area (Å²) < 4.78 is 0. The molecule has 1 unspecified atom stereocenters. The molecule has 0 aromatic heterocycles. The van der Waals surface area contributed by atoms with Crippen LogP contribution in [-0.2, 0) is 9.59 Å². The summed E-state index contributed by atoms with van der Waals surface area (Å²) in [6.07, 6.45) is 0.590. The fourth-order valence-electron chi connectivity index (χ4n) is 2.11. The van der Waals surface area contributed by atoms with E-state index in [9.17, 15) is 9.59 Å². The van der Waals surface area contributed by atoms with Crippen molar-refractivity contribution >= 4 is 11.7 Å². The third-order valence-electron chi connectivity index (χ3n) is 3.23. The SMILES string of the molecule is CCN(CC)C(=O)CN1CCC(=O)C(C)C1. The van der Waals surface area contributed by atoms with Crippen LogP contribution >= 0.6 is 0 Å². The lowest BCUT2D eigenvalue weighted by Crippen LogP contribution is -2.46. The third-order valence-corrected chi connectivity index (χ3v) is 3.23. The van der Waals surface area contributed by atoms with Crippen molar-refractivity contribution in [3.63, 3.8) is 0 Å². The first-order valence-electron chi connectivity index (χ1n) is 6.11. The van der Waals surface area contributed by atoms with Crippen molar-refractivity contribution in [2.24, 2.45) is 5.92 Å². The van der Waals surface area contributed by atoms with Gasteiger partial charge in [0.1, 0.15) is 5.78 Å². The molecular formula is C12H22N2O2. The molecule has 1 atom stereocenters. The molecule has 1 fully saturated rings. The van der Waals surface area contributed by atoms with Gasteiger partial charge in [-0.05, 0) is 13.8 Å². The molecule has 1 rings (SSSR count). The molecule has 4 nitrogen and oxygen atoms in total. The summed E-state index contributed by atoms with van der Waals surface area (Å²) in [5, 5.41) is 0. The van der Waals surface area contributed by atoms with E-state index in [1.165, 1.54) is 0 Å². The zero-order valence-corrected chi connectivity index (χ0v) is 10.5. The molecule has 0 aliphatic carbocycles. The average Bonchev–Trinajstić information content (AvgIpc) is 2.25. The summed E-state index contributed by atoms with van der Waals surface area (Å²) in [6, 6.07) is 0. The normalized spacial score (nSPS) is 22.2. The largest absolute Gasteiger partial charge is 0.342 e. The van der Waals surface area contributed by atoms with E-state index in [2.05, 4.69) is 4.90 Å². The number of carbonyl (C=O) groups is 2. The highest BCUT2D eigenvalue weighted by atomic mass is 16.2. The highest BCUT2D eigenvalue weighted by Crippen LogP contribution is 2.12. The Morgan fingerprint density at radius 3 is 2.56 bits per heavy atom. The molecule has 16 heavy (non-hydrogen) atoms. The fraction of sp³-hybridized carbons (Fsp3) is 0.833. The number of rotatable bonds is 4. The Morgan fingerprint density at radius 2 is 2.06 bits per heavy atom. The molecule has 0 aromatic carbocycles. The zero-order chi connectivity index (χ0) is 12.1. The Labute approximate surface area is 97.6 Å². The Hall–Kier alpha value is -0.900. The number of carbonyl (C=O) groups excluding carboxylic acids is 2. The van der Waals surface area contributed by atoms with Gasteiger partial charge < -0.3 is 4.90 Å². The van der Waals surface area contributed by atoms with Gasteiger partial charge in [0, 0.05) is 38.5 Å². The van der Waals surface area contributed by atoms with Crippen LogP contribution in [-0.4, -0.2) is 54.2 Å². The van der Waals surface area contributed by atoms with E-state index in [0.717, 1.165) is 26.2 Å². The number of ketones is 1. The van der Waals surface area contributed by atoms with Gasteiger partial charge in [0.05, 0.1) is 6.54 Å². The second-order valence-corrected chi connectivity index (χ2v) is 4.42. The number of hydrogen-bond acceptors (Lipinski definition) is 3. The van der Waals surface area contributed by atoms with Crippen molar-refractivity contribution < 1.29 is 9.59 Å². The van der Waals surface area contributed by atoms with E-state index in [0.29, 0.717) is 18.7 Å². The lowest BCUT2D eigenvalue weighted by atomic mass is 9.99. The average molecular weight is 226 g/mol. The molecule has 4 heteroatoms. The van der Waals surface area contributed by atoms with Crippen molar-refractivity contribution in [1.82, 2.24) is 9.80 Å². The zero-order valence-electron chi connectivity index (χ0n) is 10.5. The number of hydrogen-bond donors (Lipinski definition) is 0. The van der Waals surface area contributed by atoms with Crippen molar-refractivity contribution in [2.75, 3.05) is 32.7 Å². The lowest BCUT2D eigenvalue weighted by molar-refractivity contribution is -0.134. The monoisotopic (exact) mass is 226 g/mol. The number of likely N-dealkylation sites (N-methyl/N-ethyl adjacent to an activating group) is 1. The highest BCUT2D eigenvalue weighted by Gasteiger charge is 2.25. The number of piperidine rings is 1. The van der Waals surface area contributed by atoms with Crippen LogP contribution in [0.1, 0.15) is 27.2 Å². The molecule has 1 saturated heterocycles. The summed E-state index contributed by atoms with van der Waals surface area (Å²) >= 11 is 0. The second-order valence-electron chi connectivity index (χ2n) is 4.42. The summed E-state index contributed by atoms with van der Waals surface area (Å²) in [5.74, 6) is 0.580. The highest BCUT2D eigenvalue weighted by molar-refractivity contribution is 5.82. The molecule has 92 valence electrons. The van der Waals surface area contributed by atoms with Gasteiger partial charge in [0.15, 0.2) is 0 Å². The van der Waals surface area contributed by atoms with E-state index in [4.69, 9.17) is 0 Å². The van der Waals surface area contributed by atoms with Crippen molar-refractivity contribution in [2.45, 2.75) is 27.2 Å². The minimum atomic E-state index is 0.0817. The predicted octanol–water partition coefficient (Wildman–Crippen LogP) is 0.766. The molecule has 1 aliphatic heterocycles. The maximum absolute atomic E-state index is 11.9.